The number of unbranched alkanes of at least 4 members (excludes halogenated alkanes) is 1. The first-order valence-electron chi connectivity index (χ1n) is 12.6. The fraction of sp³-hybridized carbons (Fsp3) is 0.176. The maximum Gasteiger partial charge on any atom is 0.0540 e. The lowest BCUT2D eigenvalue weighted by Gasteiger charge is -2.26. The lowest BCUT2D eigenvalue weighted by molar-refractivity contribution is 0.795. The highest BCUT2D eigenvalue weighted by atomic mass is 15.1. The molecule has 0 heterocycles. The van der Waals surface area contributed by atoms with Crippen LogP contribution >= 0.6 is 0 Å². The molecule has 176 valence electrons. The molecule has 5 aromatic carbocycles. The van der Waals surface area contributed by atoms with Crippen molar-refractivity contribution in [3.63, 3.8) is 0 Å². The summed E-state index contributed by atoms with van der Waals surface area (Å²) < 4.78 is 0. The van der Waals surface area contributed by atoms with Crippen molar-refractivity contribution >= 4 is 27.8 Å². The molecule has 0 spiro atoms. The van der Waals surface area contributed by atoms with Gasteiger partial charge >= 0.3 is 0 Å². The molecule has 0 aliphatic heterocycles. The highest BCUT2D eigenvalue weighted by Crippen LogP contribution is 2.38. The maximum atomic E-state index is 2.32. The zero-order valence-corrected chi connectivity index (χ0v) is 21.1. The molecule has 1 heteroatoms. The molecule has 0 atom stereocenters. The van der Waals surface area contributed by atoms with Gasteiger partial charge in [0.2, 0.25) is 0 Å². The Morgan fingerprint density at radius 2 is 1.11 bits per heavy atom. The molecule has 35 heavy (non-hydrogen) atoms. The standard InChI is InChI=1S/C23H19N.C11H16/c1-18-14-16-21(17-15-18)24(20-10-3-2-4-11-20)23-13-7-9-19-8-5-6-12-22(19)23;1-3-4-5-11-8-6-10(2)7-9-11/h2-17H,1H3;6-9H,3-5H2,1-2H3. The minimum atomic E-state index is 1.16. The van der Waals surface area contributed by atoms with Gasteiger partial charge in [0.25, 0.3) is 0 Å². The summed E-state index contributed by atoms with van der Waals surface area (Å²) in [6.45, 7) is 6.48. The molecular formula is C34H35N. The van der Waals surface area contributed by atoms with Crippen molar-refractivity contribution in [2.75, 3.05) is 4.90 Å². The van der Waals surface area contributed by atoms with Crippen molar-refractivity contribution in [3.8, 4) is 0 Å². The van der Waals surface area contributed by atoms with Gasteiger partial charge in [0.05, 0.1) is 5.69 Å². The van der Waals surface area contributed by atoms with E-state index in [-0.39, 0.29) is 0 Å². The zero-order chi connectivity index (χ0) is 24.5. The van der Waals surface area contributed by atoms with Crippen molar-refractivity contribution in [2.24, 2.45) is 0 Å². The first-order valence-corrected chi connectivity index (χ1v) is 12.6. The third kappa shape index (κ3) is 6.39. The van der Waals surface area contributed by atoms with Crippen LogP contribution in [0.25, 0.3) is 10.8 Å². The van der Waals surface area contributed by atoms with Crippen LogP contribution < -0.4 is 4.90 Å². The summed E-state index contributed by atoms with van der Waals surface area (Å²) in [6.07, 6.45) is 3.83. The van der Waals surface area contributed by atoms with Crippen LogP contribution in [0.1, 0.15) is 36.5 Å². The number of para-hydroxylation sites is 1. The number of hydrogen-bond donors (Lipinski definition) is 0. The van der Waals surface area contributed by atoms with Gasteiger partial charge in [-0.15, -0.1) is 0 Å². The number of aryl methyl sites for hydroxylation is 3. The molecule has 0 amide bonds. The Balaban J connectivity index is 0.000000221. The summed E-state index contributed by atoms with van der Waals surface area (Å²) in [7, 11) is 0. The van der Waals surface area contributed by atoms with Gasteiger partial charge in [-0.2, -0.15) is 0 Å². The Morgan fingerprint density at radius 1 is 0.543 bits per heavy atom. The van der Waals surface area contributed by atoms with Gasteiger partial charge in [-0.1, -0.05) is 115 Å². The van der Waals surface area contributed by atoms with Gasteiger partial charge in [-0.3, -0.25) is 0 Å². The minimum Gasteiger partial charge on any atom is -0.310 e. The molecule has 0 bridgehead atoms. The van der Waals surface area contributed by atoms with Crippen LogP contribution in [0.5, 0.6) is 0 Å². The molecule has 0 saturated carbocycles. The number of rotatable bonds is 6. The van der Waals surface area contributed by atoms with Gasteiger partial charge < -0.3 is 4.90 Å². The molecule has 1 nitrogen and oxygen atoms in total. The first-order chi connectivity index (χ1) is 17.2. The molecule has 5 aromatic rings. The van der Waals surface area contributed by atoms with E-state index in [1.54, 1.807) is 0 Å². The second-order valence-electron chi connectivity index (χ2n) is 9.09. The number of benzene rings is 5. The van der Waals surface area contributed by atoms with Crippen molar-refractivity contribution in [1.29, 1.82) is 0 Å². The fourth-order valence-corrected chi connectivity index (χ4v) is 4.24. The molecule has 0 radical (unpaired) electrons. The lowest BCUT2D eigenvalue weighted by Crippen LogP contribution is -2.10. The van der Waals surface area contributed by atoms with E-state index in [9.17, 15) is 0 Å². The van der Waals surface area contributed by atoms with Crippen LogP contribution in [-0.2, 0) is 6.42 Å². The predicted molar refractivity (Wildman–Crippen MR) is 153 cm³/mol. The largest absolute Gasteiger partial charge is 0.310 e. The van der Waals surface area contributed by atoms with E-state index in [4.69, 9.17) is 0 Å². The van der Waals surface area contributed by atoms with Crippen LogP contribution in [0.3, 0.4) is 0 Å². The Hall–Kier alpha value is -3.84. The summed E-state index contributed by atoms with van der Waals surface area (Å²) in [5.74, 6) is 0. The highest BCUT2D eigenvalue weighted by molar-refractivity contribution is 5.98. The summed E-state index contributed by atoms with van der Waals surface area (Å²) in [6, 6.07) is 43.1. The number of hydrogen-bond acceptors (Lipinski definition) is 1. The summed E-state index contributed by atoms with van der Waals surface area (Å²) in [5, 5.41) is 2.51. The number of fused-ring (bicyclic) bond motifs is 1. The molecular weight excluding hydrogens is 422 g/mol. The highest BCUT2D eigenvalue weighted by Gasteiger charge is 2.14. The van der Waals surface area contributed by atoms with Crippen LogP contribution in [0.4, 0.5) is 17.1 Å². The second kappa shape index (κ2) is 12.0. The fourth-order valence-electron chi connectivity index (χ4n) is 4.24. The third-order valence-electron chi connectivity index (χ3n) is 6.25. The van der Waals surface area contributed by atoms with Gasteiger partial charge in [0, 0.05) is 16.8 Å². The Labute approximate surface area is 210 Å². The monoisotopic (exact) mass is 457 g/mol. The van der Waals surface area contributed by atoms with E-state index in [1.807, 2.05) is 0 Å². The summed E-state index contributed by atoms with van der Waals surface area (Å²) >= 11 is 0. The summed E-state index contributed by atoms with van der Waals surface area (Å²) in [4.78, 5) is 2.32. The SMILES string of the molecule is CCCCc1ccc(C)cc1.Cc1ccc(N(c2ccccc2)c2cccc3ccccc23)cc1. The molecule has 0 aliphatic carbocycles. The Morgan fingerprint density at radius 3 is 1.80 bits per heavy atom. The van der Waals surface area contributed by atoms with E-state index in [2.05, 4.69) is 147 Å². The Kier molecular flexibility index (Phi) is 8.35. The topological polar surface area (TPSA) is 3.24 Å². The van der Waals surface area contributed by atoms with Gasteiger partial charge in [-0.05, 0) is 68.0 Å². The van der Waals surface area contributed by atoms with Crippen LogP contribution in [0.15, 0.2) is 121 Å². The van der Waals surface area contributed by atoms with E-state index < -0.39 is 0 Å². The quantitative estimate of drug-likeness (QED) is 0.245. The maximum absolute atomic E-state index is 2.32. The normalized spacial score (nSPS) is 10.5. The van der Waals surface area contributed by atoms with E-state index in [1.165, 1.54) is 58.1 Å². The molecule has 5 rings (SSSR count). The van der Waals surface area contributed by atoms with Crippen molar-refractivity contribution < 1.29 is 0 Å². The molecule has 0 aromatic heterocycles. The lowest BCUT2D eigenvalue weighted by atomic mass is 10.1. The van der Waals surface area contributed by atoms with Crippen molar-refractivity contribution in [2.45, 2.75) is 40.0 Å². The zero-order valence-electron chi connectivity index (χ0n) is 21.1. The molecule has 0 unspecified atom stereocenters. The second-order valence-corrected chi connectivity index (χ2v) is 9.09. The van der Waals surface area contributed by atoms with Gasteiger partial charge in [-0.25, -0.2) is 0 Å². The van der Waals surface area contributed by atoms with Gasteiger partial charge in [0.1, 0.15) is 0 Å². The number of nitrogens with zero attached hydrogens (tertiary/aromatic N) is 1. The average molecular weight is 458 g/mol. The van der Waals surface area contributed by atoms with Crippen LogP contribution in [0.2, 0.25) is 0 Å². The van der Waals surface area contributed by atoms with Crippen LogP contribution in [0, 0.1) is 13.8 Å². The Bertz CT molecular complexity index is 1310. The average Bonchev–Trinajstić information content (AvgIpc) is 2.91. The van der Waals surface area contributed by atoms with Gasteiger partial charge in [0.15, 0.2) is 0 Å². The summed E-state index contributed by atoms with van der Waals surface area (Å²) in [5.41, 5.74) is 7.62. The third-order valence-corrected chi connectivity index (χ3v) is 6.25. The smallest absolute Gasteiger partial charge is 0.0540 e. The molecule has 0 aliphatic rings. The predicted octanol–water partition coefficient (Wildman–Crippen LogP) is 9.96. The van der Waals surface area contributed by atoms with Crippen molar-refractivity contribution in [3.05, 3.63) is 138 Å². The number of anilines is 3. The van der Waals surface area contributed by atoms with E-state index >= 15 is 0 Å². The molecule has 0 N–H and O–H groups in total. The molecule has 0 saturated heterocycles. The van der Waals surface area contributed by atoms with Crippen LogP contribution in [-0.4, -0.2) is 0 Å². The first kappa shape index (κ1) is 24.3. The van der Waals surface area contributed by atoms with E-state index in [0.717, 1.165) is 5.69 Å². The minimum absolute atomic E-state index is 1.16. The molecule has 0 fully saturated rings. The van der Waals surface area contributed by atoms with Crippen molar-refractivity contribution in [1.82, 2.24) is 0 Å². The van der Waals surface area contributed by atoms with E-state index in [0.29, 0.717) is 0 Å².